The average molecular weight is 182 g/mol. The first-order valence-corrected chi connectivity index (χ1v) is 5.20. The van der Waals surface area contributed by atoms with Crippen molar-refractivity contribution in [2.75, 3.05) is 0 Å². The average Bonchev–Trinajstić information content (AvgIpc) is 2.17. The molecule has 0 aliphatic carbocycles. The Morgan fingerprint density at radius 1 is 1.14 bits per heavy atom. The molecule has 0 N–H and O–H groups in total. The van der Waals surface area contributed by atoms with E-state index in [0.717, 1.165) is 12.8 Å². The molecular weight excluding hydrogens is 163 g/mol. The van der Waals surface area contributed by atoms with E-state index in [0.29, 0.717) is 0 Å². The summed E-state index contributed by atoms with van der Waals surface area (Å²) in [7, 11) is 0. The third-order valence-corrected chi connectivity index (χ3v) is 2.01. The standard InChI is InChI=1S/C13H19.Li/c1-4-7-10-13(11-8-5-2)12-9-6-3;/h9H,4-5,7-8,10-11H2,1-2H3;/q-1;+1. The van der Waals surface area contributed by atoms with Crippen molar-refractivity contribution >= 4 is 0 Å². The SMILES string of the molecule is [C-]#CC=C=C(CCCC)CCCC.[Li+]. The quantitative estimate of drug-likeness (QED) is 0.249. The van der Waals surface area contributed by atoms with E-state index in [4.69, 9.17) is 6.42 Å². The van der Waals surface area contributed by atoms with E-state index in [1.807, 2.05) is 0 Å². The van der Waals surface area contributed by atoms with Gasteiger partial charge in [0, 0.05) is 0 Å². The fourth-order valence-electron chi connectivity index (χ4n) is 1.19. The van der Waals surface area contributed by atoms with Crippen LogP contribution < -0.4 is 18.9 Å². The smallest absolute Gasteiger partial charge is 0.366 e. The fraction of sp³-hybridized carbons (Fsp3) is 0.615. The van der Waals surface area contributed by atoms with E-state index in [9.17, 15) is 0 Å². The number of unbranched alkanes of at least 4 members (excludes halogenated alkanes) is 2. The summed E-state index contributed by atoms with van der Waals surface area (Å²) in [5.41, 5.74) is 4.48. The summed E-state index contributed by atoms with van der Waals surface area (Å²) in [6.07, 6.45) is 15.5. The molecule has 0 atom stereocenters. The molecule has 0 spiro atoms. The van der Waals surface area contributed by atoms with Gasteiger partial charge < -0.3 is 6.42 Å². The summed E-state index contributed by atoms with van der Waals surface area (Å²) in [6, 6.07) is 0. The van der Waals surface area contributed by atoms with Gasteiger partial charge in [0.1, 0.15) is 0 Å². The van der Waals surface area contributed by atoms with Crippen LogP contribution in [0.2, 0.25) is 0 Å². The van der Waals surface area contributed by atoms with Gasteiger partial charge in [-0.05, 0) is 31.3 Å². The van der Waals surface area contributed by atoms with Crippen LogP contribution in [-0.4, -0.2) is 0 Å². The Morgan fingerprint density at radius 3 is 2.00 bits per heavy atom. The minimum absolute atomic E-state index is 0. The fourth-order valence-corrected chi connectivity index (χ4v) is 1.19. The normalized spacial score (nSPS) is 8.07. The van der Waals surface area contributed by atoms with E-state index < -0.39 is 0 Å². The third-order valence-electron chi connectivity index (χ3n) is 2.01. The van der Waals surface area contributed by atoms with Crippen LogP contribution in [0.3, 0.4) is 0 Å². The van der Waals surface area contributed by atoms with Gasteiger partial charge in [0.05, 0.1) is 0 Å². The first-order chi connectivity index (χ1) is 6.35. The summed E-state index contributed by atoms with van der Waals surface area (Å²) in [5.74, 6) is 2.24. The van der Waals surface area contributed by atoms with Gasteiger partial charge in [-0.2, -0.15) is 0 Å². The Hall–Kier alpha value is -0.323. The molecule has 0 aromatic carbocycles. The summed E-state index contributed by atoms with van der Waals surface area (Å²) in [4.78, 5) is 0. The molecule has 0 aliphatic heterocycles. The van der Waals surface area contributed by atoms with Crippen molar-refractivity contribution in [3.8, 4) is 5.92 Å². The zero-order valence-electron chi connectivity index (χ0n) is 9.82. The Balaban J connectivity index is 0. The molecule has 0 aromatic heterocycles. The van der Waals surface area contributed by atoms with E-state index in [-0.39, 0.29) is 18.9 Å². The van der Waals surface area contributed by atoms with Gasteiger partial charge in [-0.3, -0.25) is 5.92 Å². The number of hydrogen-bond donors (Lipinski definition) is 0. The molecule has 0 fully saturated rings. The molecule has 0 bridgehead atoms. The Morgan fingerprint density at radius 2 is 1.64 bits per heavy atom. The van der Waals surface area contributed by atoms with Gasteiger partial charge in [-0.1, -0.05) is 26.7 Å². The van der Waals surface area contributed by atoms with Crippen molar-refractivity contribution in [2.45, 2.75) is 52.4 Å². The van der Waals surface area contributed by atoms with Gasteiger partial charge in [0.25, 0.3) is 0 Å². The maximum absolute atomic E-state index is 6.77. The molecule has 0 rings (SSSR count). The maximum atomic E-state index is 6.77. The minimum Gasteiger partial charge on any atom is -0.366 e. The van der Waals surface area contributed by atoms with E-state index in [1.54, 1.807) is 6.08 Å². The summed E-state index contributed by atoms with van der Waals surface area (Å²) >= 11 is 0. The predicted octanol–water partition coefficient (Wildman–Crippen LogP) is 1.04. The van der Waals surface area contributed by atoms with Crippen molar-refractivity contribution < 1.29 is 18.9 Å². The van der Waals surface area contributed by atoms with Gasteiger partial charge in [-0.25, -0.2) is 5.73 Å². The van der Waals surface area contributed by atoms with E-state index in [2.05, 4.69) is 25.5 Å². The van der Waals surface area contributed by atoms with Crippen LogP contribution in [0.5, 0.6) is 0 Å². The first-order valence-electron chi connectivity index (χ1n) is 5.20. The first kappa shape index (κ1) is 16.1. The molecule has 0 nitrogen and oxygen atoms in total. The van der Waals surface area contributed by atoms with E-state index in [1.165, 1.54) is 31.3 Å². The topological polar surface area (TPSA) is 0 Å². The molecule has 1 heteroatoms. The van der Waals surface area contributed by atoms with Gasteiger partial charge in [0.2, 0.25) is 0 Å². The van der Waals surface area contributed by atoms with Gasteiger partial charge in [-0.15, -0.1) is 6.08 Å². The van der Waals surface area contributed by atoms with Gasteiger partial charge >= 0.3 is 18.9 Å². The Labute approximate surface area is 101 Å². The van der Waals surface area contributed by atoms with Crippen LogP contribution in [0.1, 0.15) is 52.4 Å². The molecule has 0 unspecified atom stereocenters. The molecule has 0 heterocycles. The van der Waals surface area contributed by atoms with Crippen LogP contribution in [0.4, 0.5) is 0 Å². The molecule has 72 valence electrons. The van der Waals surface area contributed by atoms with Crippen LogP contribution >= 0.6 is 0 Å². The molecule has 0 amide bonds. The minimum atomic E-state index is 0. The molecule has 0 saturated heterocycles. The second kappa shape index (κ2) is 12.7. The summed E-state index contributed by atoms with van der Waals surface area (Å²) in [5, 5.41) is 0. The van der Waals surface area contributed by atoms with Crippen molar-refractivity contribution in [3.05, 3.63) is 23.8 Å². The molecule has 0 radical (unpaired) electrons. The van der Waals surface area contributed by atoms with E-state index >= 15 is 0 Å². The molecule has 0 aromatic rings. The van der Waals surface area contributed by atoms with Crippen molar-refractivity contribution in [3.63, 3.8) is 0 Å². The van der Waals surface area contributed by atoms with Crippen LogP contribution in [0.15, 0.2) is 17.4 Å². The Kier molecular flexibility index (Phi) is 14.6. The molecule has 14 heavy (non-hydrogen) atoms. The third kappa shape index (κ3) is 9.76. The molecule has 0 saturated carbocycles. The van der Waals surface area contributed by atoms with Crippen molar-refractivity contribution in [1.82, 2.24) is 0 Å². The number of allylic oxidation sites excluding steroid dienone is 1. The molecular formula is C13H19Li. The summed E-state index contributed by atoms with van der Waals surface area (Å²) in [6.45, 7) is 4.40. The zero-order valence-corrected chi connectivity index (χ0v) is 9.82. The Bertz CT molecular complexity index is 204. The van der Waals surface area contributed by atoms with Gasteiger partial charge in [0.15, 0.2) is 0 Å². The predicted molar refractivity (Wildman–Crippen MR) is 57.8 cm³/mol. The maximum Gasteiger partial charge on any atom is 1.00 e. The largest absolute Gasteiger partial charge is 1.00 e. The number of rotatable bonds is 6. The second-order valence-electron chi connectivity index (χ2n) is 3.24. The summed E-state index contributed by atoms with van der Waals surface area (Å²) < 4.78 is 0. The zero-order chi connectivity index (χ0) is 9.94. The van der Waals surface area contributed by atoms with Crippen LogP contribution in [0.25, 0.3) is 0 Å². The molecule has 0 aliphatic rings. The monoisotopic (exact) mass is 182 g/mol. The second-order valence-corrected chi connectivity index (χ2v) is 3.24. The number of hydrogen-bond acceptors (Lipinski definition) is 0. The van der Waals surface area contributed by atoms with Crippen molar-refractivity contribution in [2.24, 2.45) is 0 Å². The van der Waals surface area contributed by atoms with Crippen LogP contribution in [-0.2, 0) is 0 Å². The van der Waals surface area contributed by atoms with Crippen molar-refractivity contribution in [1.29, 1.82) is 0 Å². The van der Waals surface area contributed by atoms with Crippen LogP contribution in [0, 0.1) is 12.3 Å².